The molecule has 1 heterocycles. The van der Waals surface area contributed by atoms with Gasteiger partial charge in [-0.1, -0.05) is 26.3 Å². The number of methoxy groups -OCH3 is 1. The minimum atomic E-state index is -0.0175. The number of hydrogen-bond acceptors (Lipinski definition) is 4. The number of amides is 1. The minimum Gasteiger partial charge on any atom is -0.496 e. The monoisotopic (exact) mass is 306 g/mol. The Morgan fingerprint density at radius 1 is 1.48 bits per heavy atom. The number of carbonyl (C=O) groups is 1. The van der Waals surface area contributed by atoms with Crippen LogP contribution < -0.4 is 10.5 Å². The van der Waals surface area contributed by atoms with Crippen molar-refractivity contribution >= 4 is 33.0 Å². The Hall–Kier alpha value is -1.75. The zero-order valence-electron chi connectivity index (χ0n) is 13.0. The molecular weight excluding hydrogens is 284 g/mol. The van der Waals surface area contributed by atoms with Gasteiger partial charge in [-0.15, -0.1) is 11.3 Å². The Morgan fingerprint density at radius 2 is 2.19 bits per heavy atom. The zero-order valence-corrected chi connectivity index (χ0v) is 13.8. The van der Waals surface area contributed by atoms with E-state index in [1.54, 1.807) is 12.0 Å². The van der Waals surface area contributed by atoms with Gasteiger partial charge in [0.15, 0.2) is 0 Å². The molecule has 0 saturated carbocycles. The molecule has 2 rings (SSSR count). The molecule has 0 aliphatic rings. The third-order valence-electron chi connectivity index (χ3n) is 3.76. The van der Waals surface area contributed by atoms with Crippen LogP contribution in [0.3, 0.4) is 0 Å². The van der Waals surface area contributed by atoms with Crippen LogP contribution in [-0.4, -0.2) is 31.5 Å². The average Bonchev–Trinajstić information content (AvgIpc) is 2.83. The van der Waals surface area contributed by atoms with Gasteiger partial charge >= 0.3 is 0 Å². The van der Waals surface area contributed by atoms with Crippen LogP contribution >= 0.6 is 11.3 Å². The standard InChI is InChI=1S/C16H22N2O2S/c1-5-10(2)9-18(3)16(19)15-14(17)13-11(20-4)7-6-8-12(13)21-15/h6-8,10H,5,9,17H2,1-4H3. The normalized spacial score (nSPS) is 12.4. The first kappa shape index (κ1) is 15.6. The summed E-state index contributed by atoms with van der Waals surface area (Å²) >= 11 is 1.43. The van der Waals surface area contributed by atoms with E-state index in [4.69, 9.17) is 10.5 Å². The second-order valence-corrected chi connectivity index (χ2v) is 6.43. The van der Waals surface area contributed by atoms with Crippen LogP contribution in [0.4, 0.5) is 5.69 Å². The number of thiophene rings is 1. The first-order valence-electron chi connectivity index (χ1n) is 7.10. The van der Waals surface area contributed by atoms with Crippen molar-refractivity contribution in [3.8, 4) is 5.75 Å². The van der Waals surface area contributed by atoms with Gasteiger partial charge in [0.25, 0.3) is 5.91 Å². The van der Waals surface area contributed by atoms with E-state index < -0.39 is 0 Å². The van der Waals surface area contributed by atoms with E-state index in [1.807, 2.05) is 25.2 Å². The SMILES string of the molecule is CCC(C)CN(C)C(=O)c1sc2cccc(OC)c2c1N. The number of ether oxygens (including phenoxy) is 1. The average molecular weight is 306 g/mol. The number of nitrogens with zero attached hydrogens (tertiary/aromatic N) is 1. The lowest BCUT2D eigenvalue weighted by Crippen LogP contribution is -2.30. The van der Waals surface area contributed by atoms with E-state index in [9.17, 15) is 4.79 Å². The molecule has 1 amide bonds. The fourth-order valence-electron chi connectivity index (χ4n) is 2.32. The molecule has 1 aromatic carbocycles. The maximum absolute atomic E-state index is 12.6. The molecule has 0 bridgehead atoms. The molecular formula is C16H22N2O2S. The Balaban J connectivity index is 2.38. The molecule has 21 heavy (non-hydrogen) atoms. The van der Waals surface area contributed by atoms with Crippen molar-refractivity contribution in [1.82, 2.24) is 4.90 Å². The Morgan fingerprint density at radius 3 is 2.81 bits per heavy atom. The first-order chi connectivity index (χ1) is 9.99. The van der Waals surface area contributed by atoms with E-state index in [1.165, 1.54) is 11.3 Å². The number of rotatable bonds is 5. The topological polar surface area (TPSA) is 55.6 Å². The van der Waals surface area contributed by atoms with Gasteiger partial charge in [-0.05, 0) is 18.1 Å². The summed E-state index contributed by atoms with van der Waals surface area (Å²) in [5, 5.41) is 0.838. The number of hydrogen-bond donors (Lipinski definition) is 1. The summed E-state index contributed by atoms with van der Waals surface area (Å²) in [4.78, 5) is 15.0. The van der Waals surface area contributed by atoms with Crippen molar-refractivity contribution in [2.75, 3.05) is 26.4 Å². The number of benzene rings is 1. The van der Waals surface area contributed by atoms with Crippen molar-refractivity contribution in [1.29, 1.82) is 0 Å². The van der Waals surface area contributed by atoms with Gasteiger partial charge in [-0.3, -0.25) is 4.79 Å². The summed E-state index contributed by atoms with van der Waals surface area (Å²) in [6, 6.07) is 5.74. The highest BCUT2D eigenvalue weighted by molar-refractivity contribution is 7.21. The van der Waals surface area contributed by atoms with E-state index in [0.717, 1.165) is 23.1 Å². The van der Waals surface area contributed by atoms with Crippen LogP contribution in [0.25, 0.3) is 10.1 Å². The van der Waals surface area contributed by atoms with Crippen molar-refractivity contribution in [3.63, 3.8) is 0 Å². The smallest absolute Gasteiger partial charge is 0.265 e. The van der Waals surface area contributed by atoms with Crippen LogP contribution in [0.5, 0.6) is 5.75 Å². The first-order valence-corrected chi connectivity index (χ1v) is 7.91. The van der Waals surface area contributed by atoms with Gasteiger partial charge < -0.3 is 15.4 Å². The Kier molecular flexibility index (Phi) is 4.73. The largest absolute Gasteiger partial charge is 0.496 e. The second-order valence-electron chi connectivity index (χ2n) is 5.38. The highest BCUT2D eigenvalue weighted by Crippen LogP contribution is 2.39. The number of nitrogen functional groups attached to an aromatic ring is 1. The summed E-state index contributed by atoms with van der Waals surface area (Å²) in [5.74, 6) is 1.17. The molecule has 0 aliphatic heterocycles. The third-order valence-corrected chi connectivity index (χ3v) is 4.92. The summed E-state index contributed by atoms with van der Waals surface area (Å²) in [7, 11) is 3.44. The number of nitrogens with two attached hydrogens (primary N) is 1. The van der Waals surface area contributed by atoms with Crippen molar-refractivity contribution in [2.24, 2.45) is 5.92 Å². The molecule has 1 atom stereocenters. The molecule has 4 nitrogen and oxygen atoms in total. The maximum Gasteiger partial charge on any atom is 0.265 e. The summed E-state index contributed by atoms with van der Waals surface area (Å²) in [6.45, 7) is 5.00. The lowest BCUT2D eigenvalue weighted by atomic mass is 10.1. The number of carbonyl (C=O) groups excluding carboxylic acids is 1. The molecule has 5 heteroatoms. The van der Waals surface area contributed by atoms with Gasteiger partial charge in [0, 0.05) is 18.3 Å². The number of fused-ring (bicyclic) bond motifs is 1. The molecule has 0 saturated heterocycles. The highest BCUT2D eigenvalue weighted by atomic mass is 32.1. The van der Waals surface area contributed by atoms with Gasteiger partial charge in [0.1, 0.15) is 10.6 Å². The Bertz CT molecular complexity index is 651. The highest BCUT2D eigenvalue weighted by Gasteiger charge is 2.22. The lowest BCUT2D eigenvalue weighted by Gasteiger charge is -2.20. The van der Waals surface area contributed by atoms with Gasteiger partial charge in [0.2, 0.25) is 0 Å². The van der Waals surface area contributed by atoms with Crippen molar-refractivity contribution in [2.45, 2.75) is 20.3 Å². The fraction of sp³-hybridized carbons (Fsp3) is 0.438. The van der Waals surface area contributed by atoms with Crippen LogP contribution in [0.2, 0.25) is 0 Å². The van der Waals surface area contributed by atoms with Gasteiger partial charge in [-0.2, -0.15) is 0 Å². The molecule has 0 aliphatic carbocycles. The molecule has 2 N–H and O–H groups in total. The molecule has 0 fully saturated rings. The predicted octanol–water partition coefficient (Wildman–Crippen LogP) is 3.61. The maximum atomic E-state index is 12.6. The minimum absolute atomic E-state index is 0.0175. The number of anilines is 1. The quantitative estimate of drug-likeness (QED) is 0.918. The van der Waals surface area contributed by atoms with Crippen LogP contribution in [0.1, 0.15) is 29.9 Å². The molecule has 2 aromatic rings. The molecule has 1 unspecified atom stereocenters. The summed E-state index contributed by atoms with van der Waals surface area (Å²) in [6.07, 6.45) is 1.05. The molecule has 0 radical (unpaired) electrons. The second kappa shape index (κ2) is 6.35. The summed E-state index contributed by atoms with van der Waals surface area (Å²) < 4.78 is 6.32. The van der Waals surface area contributed by atoms with Crippen LogP contribution in [-0.2, 0) is 0 Å². The zero-order chi connectivity index (χ0) is 15.6. The molecule has 114 valence electrons. The van der Waals surface area contributed by atoms with Crippen molar-refractivity contribution < 1.29 is 9.53 Å². The van der Waals surface area contributed by atoms with E-state index in [-0.39, 0.29) is 5.91 Å². The van der Waals surface area contributed by atoms with Crippen LogP contribution in [0, 0.1) is 5.92 Å². The third kappa shape index (κ3) is 2.97. The van der Waals surface area contributed by atoms with Gasteiger partial charge in [0.05, 0.1) is 18.2 Å². The lowest BCUT2D eigenvalue weighted by molar-refractivity contribution is 0.0780. The van der Waals surface area contributed by atoms with E-state index in [0.29, 0.717) is 22.2 Å². The van der Waals surface area contributed by atoms with E-state index >= 15 is 0 Å². The van der Waals surface area contributed by atoms with E-state index in [2.05, 4.69) is 13.8 Å². The van der Waals surface area contributed by atoms with Crippen LogP contribution in [0.15, 0.2) is 18.2 Å². The fourth-order valence-corrected chi connectivity index (χ4v) is 3.46. The van der Waals surface area contributed by atoms with Crippen molar-refractivity contribution in [3.05, 3.63) is 23.1 Å². The predicted molar refractivity (Wildman–Crippen MR) is 89.2 cm³/mol. The Labute approximate surface area is 129 Å². The summed E-state index contributed by atoms with van der Waals surface area (Å²) in [5.41, 5.74) is 6.72. The molecule has 1 aromatic heterocycles. The molecule has 0 spiro atoms. The van der Waals surface area contributed by atoms with Gasteiger partial charge in [-0.25, -0.2) is 0 Å².